The summed E-state index contributed by atoms with van der Waals surface area (Å²) >= 11 is 0. The first kappa shape index (κ1) is 14.7. The van der Waals surface area contributed by atoms with Gasteiger partial charge in [0.15, 0.2) is 11.2 Å². The summed E-state index contributed by atoms with van der Waals surface area (Å²) < 4.78 is 3.34. The van der Waals surface area contributed by atoms with Crippen molar-refractivity contribution in [1.82, 2.24) is 18.7 Å². The van der Waals surface area contributed by atoms with Crippen molar-refractivity contribution in [3.8, 4) is 0 Å². The standard InChI is InChI=1S/C16H14N4O3/c1-18-14-13(15(22)19(2)16(18)23)20(10-17-14)12(21)9-8-11-6-4-3-5-7-11/h3-10H,1-2H3. The van der Waals surface area contributed by atoms with E-state index in [1.807, 2.05) is 30.3 Å². The molecular weight excluding hydrogens is 296 g/mol. The number of aryl methyl sites for hydroxylation is 1. The first-order valence-electron chi connectivity index (χ1n) is 6.91. The second-order valence-electron chi connectivity index (χ2n) is 5.07. The molecule has 0 saturated carbocycles. The topological polar surface area (TPSA) is 78.9 Å². The molecule has 0 spiro atoms. The van der Waals surface area contributed by atoms with Gasteiger partial charge in [0.2, 0.25) is 0 Å². The van der Waals surface area contributed by atoms with E-state index in [4.69, 9.17) is 0 Å². The van der Waals surface area contributed by atoms with Crippen LogP contribution < -0.4 is 11.2 Å². The van der Waals surface area contributed by atoms with E-state index in [0.717, 1.165) is 14.7 Å². The van der Waals surface area contributed by atoms with E-state index >= 15 is 0 Å². The Kier molecular flexibility index (Phi) is 3.53. The molecule has 0 fully saturated rings. The second kappa shape index (κ2) is 5.53. The highest BCUT2D eigenvalue weighted by molar-refractivity contribution is 5.98. The zero-order valence-corrected chi connectivity index (χ0v) is 12.6. The van der Waals surface area contributed by atoms with Crippen LogP contribution in [0.3, 0.4) is 0 Å². The lowest BCUT2D eigenvalue weighted by Crippen LogP contribution is -2.37. The van der Waals surface area contributed by atoms with Crippen LogP contribution in [0.25, 0.3) is 17.2 Å². The molecule has 0 bridgehead atoms. The van der Waals surface area contributed by atoms with Gasteiger partial charge in [-0.15, -0.1) is 0 Å². The van der Waals surface area contributed by atoms with Crippen LogP contribution in [0.5, 0.6) is 0 Å². The fraction of sp³-hybridized carbons (Fsp3) is 0.125. The third-order valence-corrected chi connectivity index (χ3v) is 3.60. The molecule has 23 heavy (non-hydrogen) atoms. The summed E-state index contributed by atoms with van der Waals surface area (Å²) in [6, 6.07) is 9.33. The second-order valence-corrected chi connectivity index (χ2v) is 5.07. The molecule has 2 aromatic heterocycles. The minimum absolute atomic E-state index is 0.0808. The van der Waals surface area contributed by atoms with Crippen molar-refractivity contribution >= 4 is 23.1 Å². The molecule has 0 amide bonds. The molecule has 0 atom stereocenters. The van der Waals surface area contributed by atoms with Gasteiger partial charge in [-0.2, -0.15) is 0 Å². The predicted octanol–water partition coefficient (Wildman–Crippen LogP) is 0.787. The molecule has 0 aliphatic carbocycles. The molecule has 0 radical (unpaired) electrons. The van der Waals surface area contributed by atoms with Gasteiger partial charge in [-0.05, 0) is 11.6 Å². The first-order valence-corrected chi connectivity index (χ1v) is 6.91. The summed E-state index contributed by atoms with van der Waals surface area (Å²) in [4.78, 5) is 40.5. The van der Waals surface area contributed by atoms with Gasteiger partial charge in [-0.1, -0.05) is 30.3 Å². The highest BCUT2D eigenvalue weighted by Gasteiger charge is 2.16. The molecule has 116 valence electrons. The third-order valence-electron chi connectivity index (χ3n) is 3.60. The van der Waals surface area contributed by atoms with E-state index in [-0.39, 0.29) is 11.2 Å². The molecule has 2 heterocycles. The van der Waals surface area contributed by atoms with Crippen LogP contribution in [0.4, 0.5) is 0 Å². The Labute approximate surface area is 130 Å². The van der Waals surface area contributed by atoms with Crippen molar-refractivity contribution in [2.75, 3.05) is 0 Å². The van der Waals surface area contributed by atoms with E-state index in [0.29, 0.717) is 0 Å². The summed E-state index contributed by atoms with van der Waals surface area (Å²) in [5, 5.41) is 0. The van der Waals surface area contributed by atoms with Crippen LogP contribution in [0.2, 0.25) is 0 Å². The number of benzene rings is 1. The Balaban J connectivity index is 2.11. The van der Waals surface area contributed by atoms with E-state index in [1.165, 1.54) is 31.1 Å². The maximum atomic E-state index is 12.4. The fourth-order valence-corrected chi connectivity index (χ4v) is 2.32. The molecule has 7 nitrogen and oxygen atoms in total. The number of carbonyl (C=O) groups excluding carboxylic acids is 1. The van der Waals surface area contributed by atoms with E-state index in [9.17, 15) is 14.4 Å². The van der Waals surface area contributed by atoms with Crippen LogP contribution in [-0.4, -0.2) is 24.6 Å². The lowest BCUT2D eigenvalue weighted by molar-refractivity contribution is 0.0974. The zero-order valence-electron chi connectivity index (χ0n) is 12.6. The highest BCUT2D eigenvalue weighted by Crippen LogP contribution is 2.07. The Bertz CT molecular complexity index is 1040. The SMILES string of the molecule is Cn1c(=O)c2c(ncn2C(=O)C=Cc2ccccc2)n(C)c1=O. The molecule has 1 aromatic carbocycles. The van der Waals surface area contributed by atoms with Crippen molar-refractivity contribution in [2.45, 2.75) is 0 Å². The summed E-state index contributed by atoms with van der Waals surface area (Å²) in [6.45, 7) is 0. The Hall–Kier alpha value is -3.22. The number of carbonyl (C=O) groups is 1. The number of hydrogen-bond acceptors (Lipinski definition) is 4. The molecule has 0 unspecified atom stereocenters. The molecule has 3 rings (SSSR count). The lowest BCUT2D eigenvalue weighted by atomic mass is 10.2. The molecule has 3 aromatic rings. The molecular formula is C16H14N4O3. The molecule has 0 N–H and O–H groups in total. The van der Waals surface area contributed by atoms with Gasteiger partial charge >= 0.3 is 5.69 Å². The number of hydrogen-bond donors (Lipinski definition) is 0. The third kappa shape index (κ3) is 2.42. The molecule has 0 aliphatic heterocycles. The van der Waals surface area contributed by atoms with E-state index < -0.39 is 17.2 Å². The molecule has 0 aliphatic rings. The number of imidazole rings is 1. The highest BCUT2D eigenvalue weighted by atomic mass is 16.2. The smallest absolute Gasteiger partial charge is 0.279 e. The first-order chi connectivity index (χ1) is 11.0. The summed E-state index contributed by atoms with van der Waals surface area (Å²) in [5.41, 5.74) is 0.0875. The van der Waals surface area contributed by atoms with E-state index in [1.54, 1.807) is 6.08 Å². The van der Waals surface area contributed by atoms with Crippen molar-refractivity contribution in [3.63, 3.8) is 0 Å². The average Bonchev–Trinajstić information content (AvgIpc) is 3.02. The Morgan fingerprint density at radius 2 is 1.78 bits per heavy atom. The van der Waals surface area contributed by atoms with Gasteiger partial charge < -0.3 is 0 Å². The van der Waals surface area contributed by atoms with Gasteiger partial charge in [0.25, 0.3) is 11.5 Å². The largest absolute Gasteiger partial charge is 0.332 e. The van der Waals surface area contributed by atoms with Crippen LogP contribution in [0.15, 0.2) is 52.3 Å². The minimum atomic E-state index is -0.554. The van der Waals surface area contributed by atoms with Crippen molar-refractivity contribution in [3.05, 3.63) is 69.1 Å². The van der Waals surface area contributed by atoms with E-state index in [2.05, 4.69) is 4.98 Å². The van der Waals surface area contributed by atoms with Crippen molar-refractivity contribution in [1.29, 1.82) is 0 Å². The fourth-order valence-electron chi connectivity index (χ4n) is 2.32. The average molecular weight is 310 g/mol. The number of fused-ring (bicyclic) bond motifs is 1. The summed E-state index contributed by atoms with van der Waals surface area (Å²) in [5.74, 6) is -0.410. The van der Waals surface area contributed by atoms with Crippen LogP contribution in [-0.2, 0) is 14.1 Å². The Morgan fingerprint density at radius 1 is 1.09 bits per heavy atom. The molecule has 0 saturated heterocycles. The maximum Gasteiger partial charge on any atom is 0.332 e. The van der Waals surface area contributed by atoms with Crippen LogP contribution in [0.1, 0.15) is 10.4 Å². The van der Waals surface area contributed by atoms with Gasteiger partial charge in [0.05, 0.1) is 0 Å². The van der Waals surface area contributed by atoms with Crippen LogP contribution >= 0.6 is 0 Å². The number of aromatic nitrogens is 4. The van der Waals surface area contributed by atoms with Gasteiger partial charge in [0, 0.05) is 20.2 Å². The molecule has 7 heteroatoms. The summed E-state index contributed by atoms with van der Waals surface area (Å²) in [7, 11) is 2.87. The number of allylic oxidation sites excluding steroid dienone is 1. The summed E-state index contributed by atoms with van der Waals surface area (Å²) in [6.07, 6.45) is 4.27. The predicted molar refractivity (Wildman–Crippen MR) is 86.3 cm³/mol. The van der Waals surface area contributed by atoms with Crippen molar-refractivity contribution < 1.29 is 4.79 Å². The monoisotopic (exact) mass is 310 g/mol. The van der Waals surface area contributed by atoms with Gasteiger partial charge in [-0.3, -0.25) is 23.3 Å². The minimum Gasteiger partial charge on any atom is -0.279 e. The van der Waals surface area contributed by atoms with Crippen molar-refractivity contribution in [2.24, 2.45) is 14.1 Å². The Morgan fingerprint density at radius 3 is 2.48 bits per heavy atom. The number of rotatable bonds is 2. The zero-order chi connectivity index (χ0) is 16.6. The van der Waals surface area contributed by atoms with Gasteiger partial charge in [0.1, 0.15) is 6.33 Å². The lowest BCUT2D eigenvalue weighted by Gasteiger charge is -2.04. The normalized spacial score (nSPS) is 11.4. The number of nitrogens with zero attached hydrogens (tertiary/aromatic N) is 4. The maximum absolute atomic E-state index is 12.4. The van der Waals surface area contributed by atoms with Gasteiger partial charge in [-0.25, -0.2) is 9.78 Å². The quantitative estimate of drug-likeness (QED) is 0.656. The van der Waals surface area contributed by atoms with Crippen LogP contribution in [0, 0.1) is 0 Å².